The van der Waals surface area contributed by atoms with Crippen molar-refractivity contribution in [2.45, 2.75) is 85.3 Å². The molecule has 1 aromatic heterocycles. The third-order valence-electron chi connectivity index (χ3n) is 9.87. The molecule has 12 nitrogen and oxygen atoms in total. The first-order valence-electron chi connectivity index (χ1n) is 18.1. The fourth-order valence-electron chi connectivity index (χ4n) is 6.14. The van der Waals surface area contributed by atoms with E-state index in [0.717, 1.165) is 47.2 Å². The maximum atomic E-state index is 15.8. The first kappa shape index (κ1) is 49.1. The van der Waals surface area contributed by atoms with Crippen LogP contribution in [0.3, 0.4) is 0 Å². The van der Waals surface area contributed by atoms with E-state index in [9.17, 15) is 46.2 Å². The summed E-state index contributed by atoms with van der Waals surface area (Å²) < 4.78 is 111. The van der Waals surface area contributed by atoms with E-state index in [1.54, 1.807) is 45.0 Å². The van der Waals surface area contributed by atoms with E-state index in [1.807, 2.05) is 27.9 Å². The minimum atomic E-state index is -5.00. The molecule has 0 aliphatic carbocycles. The number of nitrogens with one attached hydrogen (secondary N) is 2. The monoisotopic (exact) mass is 957 g/mol. The van der Waals surface area contributed by atoms with E-state index in [4.69, 9.17) is 4.74 Å². The van der Waals surface area contributed by atoms with Crippen LogP contribution in [0, 0.1) is 37.9 Å². The van der Waals surface area contributed by atoms with Gasteiger partial charge < -0.3 is 19.9 Å². The number of amides is 2. The molecule has 0 radical (unpaired) electrons. The third kappa shape index (κ3) is 13.3. The molecule has 2 amide bonds. The molecule has 0 spiro atoms. The number of nitrogens with zero attached hydrogens (tertiary/aromatic N) is 3. The summed E-state index contributed by atoms with van der Waals surface area (Å²) in [6.45, 7) is 1.88. The van der Waals surface area contributed by atoms with Gasteiger partial charge >= 0.3 is 24.8 Å². The van der Waals surface area contributed by atoms with Gasteiger partial charge in [-0.25, -0.2) is 23.3 Å². The molecular formula is C39H47F7IN5O7. The van der Waals surface area contributed by atoms with Crippen LogP contribution in [-0.2, 0) is 36.8 Å². The van der Waals surface area contributed by atoms with E-state index >= 15 is 8.78 Å². The number of halogens is 8. The number of methoxy groups -OCH3 is 2. The first-order valence-corrected chi connectivity index (χ1v) is 19.2. The Morgan fingerprint density at radius 2 is 1.53 bits per heavy atom. The molecule has 0 fully saturated rings. The number of hydrogen-bond donors (Lipinski definition) is 3. The molecule has 20 heteroatoms. The Morgan fingerprint density at radius 1 is 0.932 bits per heavy atom. The molecule has 1 heterocycles. The number of aliphatic hydroxyl groups excluding tert-OH is 1. The van der Waals surface area contributed by atoms with Gasteiger partial charge in [-0.15, -0.1) is 0 Å². The maximum Gasteiger partial charge on any atom is 0.407 e. The third-order valence-corrected chi connectivity index (χ3v) is 10.6. The normalized spacial score (nSPS) is 14.4. The number of alkyl carbamates (subject to hydrolysis) is 1. The standard InChI is InChI=1S/C39H47F7IN5O7/c1-37(2,3)26(18-32(55)58-6)34(56)50-51(19-25-27(40)15-22(16-28(25)41)29-12-13-52(49-29)35(42)43)20-31(54)23(14-21-8-10-24(47)11-9-21)17-30(53)33(48-36(57)59-7)38(4,5)39(44,45)46/h8-13,15-16,23,26,31,33,35,54H,14,17-20H2,1-7H3,(H,48,57)(H,50,56)/t23-,26-,31+,33-/m1/s1. The lowest BCUT2D eigenvalue weighted by Gasteiger charge is -2.37. The number of esters is 1. The first-order chi connectivity index (χ1) is 27.3. The number of hydrazine groups is 1. The fourth-order valence-corrected chi connectivity index (χ4v) is 6.50. The number of alkyl halides is 5. The quantitative estimate of drug-likeness (QED) is 0.0514. The van der Waals surface area contributed by atoms with Crippen LogP contribution >= 0.6 is 22.6 Å². The Labute approximate surface area is 350 Å². The minimum Gasteiger partial charge on any atom is -0.469 e. The molecular weight excluding hydrogens is 910 g/mol. The van der Waals surface area contributed by atoms with Crippen LogP contribution in [0.5, 0.6) is 0 Å². The average Bonchev–Trinajstić information content (AvgIpc) is 3.64. The Hall–Kier alpha value is -4.31. The molecule has 326 valence electrons. The summed E-state index contributed by atoms with van der Waals surface area (Å²) in [7, 11) is 2.02. The van der Waals surface area contributed by atoms with E-state index < -0.39 is 114 Å². The van der Waals surface area contributed by atoms with Crippen LogP contribution < -0.4 is 10.7 Å². The van der Waals surface area contributed by atoms with Gasteiger partial charge in [-0.2, -0.15) is 27.1 Å². The van der Waals surface area contributed by atoms with Crippen molar-refractivity contribution in [1.82, 2.24) is 25.5 Å². The zero-order valence-corrected chi connectivity index (χ0v) is 35.5. The van der Waals surface area contributed by atoms with Gasteiger partial charge in [0.25, 0.3) is 0 Å². The molecule has 0 saturated carbocycles. The summed E-state index contributed by atoms with van der Waals surface area (Å²) in [5, 5.41) is 18.4. The number of rotatable bonds is 18. The molecule has 3 rings (SSSR count). The van der Waals surface area contributed by atoms with Gasteiger partial charge in [0.2, 0.25) is 5.91 Å². The molecule has 59 heavy (non-hydrogen) atoms. The summed E-state index contributed by atoms with van der Waals surface area (Å²) in [6.07, 6.45) is -8.43. The van der Waals surface area contributed by atoms with Gasteiger partial charge in [0.1, 0.15) is 17.7 Å². The van der Waals surface area contributed by atoms with Gasteiger partial charge in [0.05, 0.1) is 43.8 Å². The SMILES string of the molecule is COC(=O)C[C@H](C(=O)NN(Cc1c(F)cc(-c2ccn(C(F)F)n2)cc1F)C[C@H](O)[C@@H](CC(=O)[C@@H](NC(=O)OC)C(C)(C)C(F)(F)F)Cc1ccc(I)cc1)C(C)(C)C. The fraction of sp³-hybridized carbons (Fsp3) is 0.513. The summed E-state index contributed by atoms with van der Waals surface area (Å²) in [5.41, 5.74) is -1.69. The van der Waals surface area contributed by atoms with Gasteiger partial charge in [-0.1, -0.05) is 32.9 Å². The zero-order chi connectivity index (χ0) is 44.6. The van der Waals surface area contributed by atoms with Crippen LogP contribution in [0.4, 0.5) is 35.5 Å². The van der Waals surface area contributed by atoms with Gasteiger partial charge in [-0.05, 0) is 90.1 Å². The van der Waals surface area contributed by atoms with E-state index in [2.05, 4.69) is 15.3 Å². The van der Waals surface area contributed by atoms with E-state index in [0.29, 0.717) is 19.4 Å². The number of Topliss-reactive ketones (excluding diaryl/α,β-unsaturated/α-hetero) is 1. The average molecular weight is 958 g/mol. The highest BCUT2D eigenvalue weighted by atomic mass is 127. The number of ketones is 1. The van der Waals surface area contributed by atoms with Gasteiger partial charge in [0.15, 0.2) is 5.78 Å². The molecule has 2 aromatic carbocycles. The number of carbonyl (C=O) groups is 4. The Kier molecular flexibility index (Phi) is 16.9. The molecule has 3 aromatic rings. The Balaban J connectivity index is 2.10. The predicted octanol–water partition coefficient (Wildman–Crippen LogP) is 7.38. The molecule has 3 N–H and O–H groups in total. The second-order valence-electron chi connectivity index (χ2n) is 15.5. The van der Waals surface area contributed by atoms with Crippen molar-refractivity contribution in [2.24, 2.45) is 22.7 Å². The number of ether oxygens (including phenoxy) is 2. The number of benzene rings is 2. The molecule has 0 saturated heterocycles. The lowest BCUT2D eigenvalue weighted by atomic mass is 9.77. The summed E-state index contributed by atoms with van der Waals surface area (Å²) in [5.74, 6) is -7.43. The van der Waals surface area contributed by atoms with Crippen molar-refractivity contribution in [3.8, 4) is 11.3 Å². The molecule has 0 bridgehead atoms. The molecule has 4 atom stereocenters. The second kappa shape index (κ2) is 20.3. The van der Waals surface area contributed by atoms with Crippen molar-refractivity contribution in [1.29, 1.82) is 0 Å². The van der Waals surface area contributed by atoms with Crippen molar-refractivity contribution in [3.63, 3.8) is 0 Å². The van der Waals surface area contributed by atoms with Gasteiger partial charge in [0, 0.05) is 40.4 Å². The summed E-state index contributed by atoms with van der Waals surface area (Å²) in [6, 6.07) is 7.34. The zero-order valence-electron chi connectivity index (χ0n) is 33.3. The maximum absolute atomic E-state index is 15.8. The molecule has 0 aliphatic heterocycles. The van der Waals surface area contributed by atoms with Crippen molar-refractivity contribution in [2.75, 3.05) is 20.8 Å². The second-order valence-corrected chi connectivity index (χ2v) is 16.8. The Morgan fingerprint density at radius 3 is 2.02 bits per heavy atom. The van der Waals surface area contributed by atoms with Crippen LogP contribution in [0.2, 0.25) is 0 Å². The smallest absolute Gasteiger partial charge is 0.407 e. The van der Waals surface area contributed by atoms with Crippen LogP contribution in [-0.4, -0.2) is 82.7 Å². The number of aromatic nitrogens is 2. The topological polar surface area (TPSA) is 152 Å². The van der Waals surface area contributed by atoms with E-state index in [1.165, 1.54) is 0 Å². The van der Waals surface area contributed by atoms with Crippen LogP contribution in [0.15, 0.2) is 48.7 Å². The predicted molar refractivity (Wildman–Crippen MR) is 208 cm³/mol. The van der Waals surface area contributed by atoms with E-state index in [-0.39, 0.29) is 22.4 Å². The molecule has 0 unspecified atom stereocenters. The minimum absolute atomic E-state index is 0.126. The van der Waals surface area contributed by atoms with Crippen molar-refractivity contribution >= 4 is 46.3 Å². The number of aliphatic hydroxyl groups is 1. The molecule has 0 aliphatic rings. The van der Waals surface area contributed by atoms with Crippen LogP contribution in [0.25, 0.3) is 11.3 Å². The lowest BCUT2D eigenvalue weighted by Crippen LogP contribution is -2.57. The number of hydrogen-bond acceptors (Lipinski definition) is 9. The van der Waals surface area contributed by atoms with Crippen molar-refractivity contribution < 1.29 is 64.5 Å². The number of carbonyl (C=O) groups excluding carboxylic acids is 4. The highest BCUT2D eigenvalue weighted by molar-refractivity contribution is 14.1. The van der Waals surface area contributed by atoms with Crippen LogP contribution in [0.1, 0.15) is 65.1 Å². The Bertz CT molecular complexity index is 1910. The highest BCUT2D eigenvalue weighted by Gasteiger charge is 2.55. The largest absolute Gasteiger partial charge is 0.469 e. The van der Waals surface area contributed by atoms with Crippen molar-refractivity contribution in [3.05, 3.63) is 75.0 Å². The highest BCUT2D eigenvalue weighted by Crippen LogP contribution is 2.41. The lowest BCUT2D eigenvalue weighted by molar-refractivity contribution is -0.220. The summed E-state index contributed by atoms with van der Waals surface area (Å²) >= 11 is 2.04. The van der Waals surface area contributed by atoms with Gasteiger partial charge in [-0.3, -0.25) is 19.8 Å². The summed E-state index contributed by atoms with van der Waals surface area (Å²) in [4.78, 5) is 52.2.